The number of benzene rings is 1. The number of ether oxygens (including phenoxy) is 1. The molecule has 1 atom stereocenters. The molecule has 0 radical (unpaired) electrons. The van der Waals surface area contributed by atoms with Crippen molar-refractivity contribution in [1.29, 1.82) is 0 Å². The van der Waals surface area contributed by atoms with Gasteiger partial charge in [-0.3, -0.25) is 10.5 Å². The van der Waals surface area contributed by atoms with Gasteiger partial charge in [-0.15, -0.1) is 0 Å². The smallest absolute Gasteiger partial charge is 0.141 e. The van der Waals surface area contributed by atoms with Gasteiger partial charge in [-0.2, -0.15) is 0 Å². The molecule has 0 saturated carbocycles. The molecular weight excluding hydrogens is 200 g/mol. The molecule has 84 valence electrons. The normalized spacial score (nSPS) is 12.7. The minimum atomic E-state index is -0.501. The fourth-order valence-electron chi connectivity index (χ4n) is 1.24. The van der Waals surface area contributed by atoms with E-state index in [4.69, 9.17) is 15.3 Å². The zero-order chi connectivity index (χ0) is 11.1. The second-order valence-electron chi connectivity index (χ2n) is 3.06. The van der Waals surface area contributed by atoms with Gasteiger partial charge in [0, 0.05) is 7.11 Å². The molecule has 0 spiro atoms. The fourth-order valence-corrected chi connectivity index (χ4v) is 1.24. The summed E-state index contributed by atoms with van der Waals surface area (Å²) >= 11 is 0. The lowest BCUT2D eigenvalue weighted by molar-refractivity contribution is -0.289. The number of rotatable bonds is 6. The third-order valence-corrected chi connectivity index (χ3v) is 2.03. The molecular formula is C10H14O5. The Morgan fingerprint density at radius 3 is 2.33 bits per heavy atom. The number of hydrogen-bond donors (Lipinski definition) is 2. The predicted molar refractivity (Wildman–Crippen MR) is 52.2 cm³/mol. The van der Waals surface area contributed by atoms with E-state index in [1.807, 2.05) is 0 Å². The molecule has 0 fully saturated rings. The molecule has 2 N–H and O–H groups in total. The fraction of sp³-hybridized carbons (Fsp3) is 0.400. The Kier molecular flexibility index (Phi) is 5.23. The number of hydrogen-bond acceptors (Lipinski definition) is 5. The van der Waals surface area contributed by atoms with E-state index in [9.17, 15) is 0 Å². The highest BCUT2D eigenvalue weighted by molar-refractivity contribution is 5.23. The zero-order valence-corrected chi connectivity index (χ0v) is 8.42. The first kappa shape index (κ1) is 12.1. The van der Waals surface area contributed by atoms with E-state index in [2.05, 4.69) is 9.78 Å². The predicted octanol–water partition coefficient (Wildman–Crippen LogP) is 1.85. The largest absolute Gasteiger partial charge is 0.381 e. The van der Waals surface area contributed by atoms with Crippen LogP contribution in [0.1, 0.15) is 17.2 Å². The van der Waals surface area contributed by atoms with Crippen LogP contribution in [-0.2, 0) is 21.1 Å². The maximum Gasteiger partial charge on any atom is 0.141 e. The highest BCUT2D eigenvalue weighted by atomic mass is 17.1. The summed E-state index contributed by atoms with van der Waals surface area (Å²) in [5.74, 6) is 0. The summed E-state index contributed by atoms with van der Waals surface area (Å²) in [6.45, 7) is 0.404. The Labute approximate surface area is 87.7 Å². The van der Waals surface area contributed by atoms with E-state index >= 15 is 0 Å². The van der Waals surface area contributed by atoms with Crippen molar-refractivity contribution in [2.45, 2.75) is 12.7 Å². The van der Waals surface area contributed by atoms with Crippen LogP contribution in [0, 0.1) is 0 Å². The second kappa shape index (κ2) is 6.49. The maximum atomic E-state index is 8.64. The van der Waals surface area contributed by atoms with Crippen molar-refractivity contribution in [2.24, 2.45) is 0 Å². The van der Waals surface area contributed by atoms with Gasteiger partial charge >= 0.3 is 0 Å². The Morgan fingerprint density at radius 2 is 1.87 bits per heavy atom. The van der Waals surface area contributed by atoms with Gasteiger partial charge in [0.05, 0.1) is 6.61 Å². The van der Waals surface area contributed by atoms with Gasteiger partial charge in [0.15, 0.2) is 0 Å². The standard InChI is InChI=1S/C10H14O5/c1-13-7-10(15-12)9-4-2-8(3-5-9)6-14-11/h2-5,10-12H,6-7H2,1H3. The van der Waals surface area contributed by atoms with Crippen LogP contribution in [-0.4, -0.2) is 24.2 Å². The van der Waals surface area contributed by atoms with Gasteiger partial charge in [0.25, 0.3) is 0 Å². The minimum absolute atomic E-state index is 0.134. The van der Waals surface area contributed by atoms with Gasteiger partial charge in [0.1, 0.15) is 12.7 Å². The molecule has 0 heterocycles. The summed E-state index contributed by atoms with van der Waals surface area (Å²) in [5.41, 5.74) is 1.62. The van der Waals surface area contributed by atoms with Crippen LogP contribution in [0.25, 0.3) is 0 Å². The van der Waals surface area contributed by atoms with Crippen molar-refractivity contribution in [3.8, 4) is 0 Å². The van der Waals surface area contributed by atoms with Gasteiger partial charge in [-0.05, 0) is 11.1 Å². The van der Waals surface area contributed by atoms with Crippen molar-refractivity contribution < 1.29 is 25.0 Å². The molecule has 1 aromatic rings. The summed E-state index contributed by atoms with van der Waals surface area (Å²) < 4.78 is 4.88. The van der Waals surface area contributed by atoms with Crippen molar-refractivity contribution in [3.05, 3.63) is 35.4 Å². The third kappa shape index (κ3) is 3.58. The van der Waals surface area contributed by atoms with Gasteiger partial charge < -0.3 is 4.74 Å². The summed E-state index contributed by atoms with van der Waals surface area (Å²) in [4.78, 5) is 8.27. The molecule has 0 saturated heterocycles. The molecule has 5 heteroatoms. The molecule has 1 rings (SSSR count). The minimum Gasteiger partial charge on any atom is -0.381 e. The highest BCUT2D eigenvalue weighted by Crippen LogP contribution is 2.17. The molecule has 15 heavy (non-hydrogen) atoms. The molecule has 0 aliphatic rings. The van der Waals surface area contributed by atoms with E-state index in [0.29, 0.717) is 0 Å². The monoisotopic (exact) mass is 214 g/mol. The van der Waals surface area contributed by atoms with Crippen molar-refractivity contribution in [2.75, 3.05) is 13.7 Å². The Balaban J connectivity index is 2.68. The maximum absolute atomic E-state index is 8.64. The van der Waals surface area contributed by atoms with E-state index in [1.54, 1.807) is 24.3 Å². The third-order valence-electron chi connectivity index (χ3n) is 2.03. The summed E-state index contributed by atoms with van der Waals surface area (Å²) in [7, 11) is 1.53. The van der Waals surface area contributed by atoms with Gasteiger partial charge in [0.2, 0.25) is 0 Å². The summed E-state index contributed by atoms with van der Waals surface area (Å²) in [6, 6.07) is 7.09. The van der Waals surface area contributed by atoms with Crippen LogP contribution in [0.4, 0.5) is 0 Å². The Bertz CT molecular complexity index is 272. The summed E-state index contributed by atoms with van der Waals surface area (Å²) in [5, 5.41) is 16.9. The first-order valence-corrected chi connectivity index (χ1v) is 4.46. The van der Waals surface area contributed by atoms with E-state index < -0.39 is 6.10 Å². The topological polar surface area (TPSA) is 68.2 Å². The van der Waals surface area contributed by atoms with Crippen LogP contribution in [0.2, 0.25) is 0 Å². The van der Waals surface area contributed by atoms with E-state index in [1.165, 1.54) is 7.11 Å². The molecule has 0 aromatic heterocycles. The molecule has 1 unspecified atom stereocenters. The van der Waals surface area contributed by atoms with Crippen molar-refractivity contribution in [3.63, 3.8) is 0 Å². The number of methoxy groups -OCH3 is 1. The van der Waals surface area contributed by atoms with Crippen LogP contribution < -0.4 is 0 Å². The first-order valence-electron chi connectivity index (χ1n) is 4.46. The SMILES string of the molecule is COCC(OO)c1ccc(COO)cc1. The molecule has 0 bridgehead atoms. The molecule has 0 amide bonds. The molecule has 0 aliphatic heterocycles. The lowest BCUT2D eigenvalue weighted by Crippen LogP contribution is -2.08. The van der Waals surface area contributed by atoms with Crippen molar-refractivity contribution >= 4 is 0 Å². The lowest BCUT2D eigenvalue weighted by atomic mass is 10.1. The van der Waals surface area contributed by atoms with Gasteiger partial charge in [-0.25, -0.2) is 9.78 Å². The lowest BCUT2D eigenvalue weighted by Gasteiger charge is -2.12. The average Bonchev–Trinajstić information content (AvgIpc) is 2.28. The molecule has 5 nitrogen and oxygen atoms in total. The Hall–Kier alpha value is -0.980. The first-order chi connectivity index (χ1) is 7.31. The average molecular weight is 214 g/mol. The van der Waals surface area contributed by atoms with E-state index in [0.717, 1.165) is 11.1 Å². The van der Waals surface area contributed by atoms with Crippen LogP contribution >= 0.6 is 0 Å². The van der Waals surface area contributed by atoms with Crippen LogP contribution in [0.5, 0.6) is 0 Å². The zero-order valence-electron chi connectivity index (χ0n) is 8.42. The van der Waals surface area contributed by atoms with Crippen LogP contribution in [0.3, 0.4) is 0 Å². The molecule has 1 aromatic carbocycles. The van der Waals surface area contributed by atoms with Crippen LogP contribution in [0.15, 0.2) is 24.3 Å². The molecule has 0 aliphatic carbocycles. The highest BCUT2D eigenvalue weighted by Gasteiger charge is 2.11. The van der Waals surface area contributed by atoms with Crippen molar-refractivity contribution in [1.82, 2.24) is 0 Å². The van der Waals surface area contributed by atoms with E-state index in [-0.39, 0.29) is 13.2 Å². The quantitative estimate of drug-likeness (QED) is 0.558. The second-order valence-corrected chi connectivity index (χ2v) is 3.06. The summed E-state index contributed by atoms with van der Waals surface area (Å²) in [6.07, 6.45) is -0.501. The van der Waals surface area contributed by atoms with Gasteiger partial charge in [-0.1, -0.05) is 24.3 Å². The Morgan fingerprint density at radius 1 is 1.20 bits per heavy atom.